The summed E-state index contributed by atoms with van der Waals surface area (Å²) in [5.41, 5.74) is 12.3. The number of nitrogens with zero attached hydrogens (tertiary/aromatic N) is 1. The van der Waals surface area contributed by atoms with E-state index in [1.807, 2.05) is 0 Å². The minimum Gasteiger partial charge on any atom is -0.399 e. The molecule has 0 unspecified atom stereocenters. The van der Waals surface area contributed by atoms with Crippen LogP contribution in [0.3, 0.4) is 0 Å². The molecule has 0 aliphatic rings. The molecule has 0 aromatic heterocycles. The molecule has 8 nitrogen and oxygen atoms in total. The average molecular weight is 426 g/mol. The van der Waals surface area contributed by atoms with Crippen LogP contribution in [-0.4, -0.2) is 44.7 Å². The molecular formula is C18H23N3O5S2. The van der Waals surface area contributed by atoms with Crippen molar-refractivity contribution in [3.05, 3.63) is 48.5 Å². The van der Waals surface area contributed by atoms with Gasteiger partial charge in [-0.05, 0) is 48.5 Å². The molecule has 2 rings (SSSR count). The van der Waals surface area contributed by atoms with E-state index in [2.05, 4.69) is 0 Å². The summed E-state index contributed by atoms with van der Waals surface area (Å²) >= 11 is 1.02. The fourth-order valence-corrected chi connectivity index (χ4v) is 3.91. The Balaban J connectivity index is 1.77. The van der Waals surface area contributed by atoms with E-state index in [1.165, 1.54) is 36.1 Å². The van der Waals surface area contributed by atoms with E-state index in [1.54, 1.807) is 24.3 Å². The van der Waals surface area contributed by atoms with Crippen molar-refractivity contribution < 1.29 is 22.4 Å². The van der Waals surface area contributed by atoms with Crippen LogP contribution in [0.1, 0.15) is 6.92 Å². The van der Waals surface area contributed by atoms with Crippen molar-refractivity contribution >= 4 is 39.2 Å². The zero-order valence-corrected chi connectivity index (χ0v) is 17.0. The van der Waals surface area contributed by atoms with E-state index >= 15 is 0 Å². The van der Waals surface area contributed by atoms with E-state index < -0.39 is 9.84 Å². The summed E-state index contributed by atoms with van der Waals surface area (Å²) in [7, 11) is -3.52. The summed E-state index contributed by atoms with van der Waals surface area (Å²) < 4.78 is 29.8. The predicted octanol–water partition coefficient (Wildman–Crippen LogP) is 2.13. The number of anilines is 2. The van der Waals surface area contributed by atoms with Gasteiger partial charge in [0, 0.05) is 36.3 Å². The van der Waals surface area contributed by atoms with Crippen molar-refractivity contribution in [2.45, 2.75) is 16.7 Å². The maximum atomic E-state index is 12.4. The highest BCUT2D eigenvalue weighted by Crippen LogP contribution is 2.20. The second-order valence-corrected chi connectivity index (χ2v) is 8.82. The smallest absolute Gasteiger partial charge is 0.219 e. The van der Waals surface area contributed by atoms with Crippen molar-refractivity contribution in [2.75, 3.05) is 36.9 Å². The van der Waals surface area contributed by atoms with E-state index in [4.69, 9.17) is 20.7 Å². The van der Waals surface area contributed by atoms with Crippen molar-refractivity contribution in [3.8, 4) is 0 Å². The summed E-state index contributed by atoms with van der Waals surface area (Å²) in [6.45, 7) is 1.73. The largest absolute Gasteiger partial charge is 0.399 e. The van der Waals surface area contributed by atoms with Gasteiger partial charge in [-0.3, -0.25) is 4.79 Å². The van der Waals surface area contributed by atoms with Gasteiger partial charge in [0.15, 0.2) is 9.84 Å². The van der Waals surface area contributed by atoms with Crippen LogP contribution >= 0.6 is 12.0 Å². The van der Waals surface area contributed by atoms with Crippen molar-refractivity contribution in [3.63, 3.8) is 0 Å². The first-order chi connectivity index (χ1) is 13.3. The molecule has 0 saturated carbocycles. The summed E-state index contributed by atoms with van der Waals surface area (Å²) in [6, 6.07) is 13.0. The summed E-state index contributed by atoms with van der Waals surface area (Å²) in [5, 5.41) is 0. The molecule has 28 heavy (non-hydrogen) atoms. The normalized spacial score (nSPS) is 11.3. The summed E-state index contributed by atoms with van der Waals surface area (Å²) in [4.78, 5) is 19.2. The molecule has 0 radical (unpaired) electrons. The first-order valence-corrected chi connectivity index (χ1v) is 10.8. The maximum absolute atomic E-state index is 12.4. The molecule has 0 aliphatic heterocycles. The minimum atomic E-state index is -3.52. The first kappa shape index (κ1) is 22.0. The van der Waals surface area contributed by atoms with Crippen LogP contribution in [0.4, 0.5) is 11.4 Å². The average Bonchev–Trinajstić information content (AvgIpc) is 2.65. The van der Waals surface area contributed by atoms with Crippen LogP contribution in [0.25, 0.3) is 0 Å². The number of benzene rings is 2. The molecule has 0 saturated heterocycles. The van der Waals surface area contributed by atoms with Crippen molar-refractivity contribution in [1.82, 2.24) is 4.90 Å². The molecule has 10 heteroatoms. The third-order valence-electron chi connectivity index (χ3n) is 3.82. The third-order valence-corrected chi connectivity index (χ3v) is 6.16. The number of hydrogen-bond donors (Lipinski definition) is 2. The lowest BCUT2D eigenvalue weighted by atomic mass is 10.3. The molecule has 0 spiro atoms. The quantitative estimate of drug-likeness (QED) is 0.195. The minimum absolute atomic E-state index is 0.0521. The number of sulfone groups is 1. The predicted molar refractivity (Wildman–Crippen MR) is 109 cm³/mol. The Labute approximate surface area is 168 Å². The molecule has 4 N–H and O–H groups in total. The molecule has 152 valence electrons. The lowest BCUT2D eigenvalue weighted by molar-refractivity contribution is -0.193. The van der Waals surface area contributed by atoms with Crippen LogP contribution in [-0.2, 0) is 23.9 Å². The molecule has 2 aromatic carbocycles. The Morgan fingerprint density at radius 3 is 2.14 bits per heavy atom. The molecular weight excluding hydrogens is 402 g/mol. The topological polar surface area (TPSA) is 125 Å². The SMILES string of the molecule is CC(=O)N(CCOOSc1ccc(N)cc1)CCS(=O)(=O)c1ccc(N)cc1. The van der Waals surface area contributed by atoms with Crippen molar-refractivity contribution in [1.29, 1.82) is 0 Å². The second kappa shape index (κ2) is 10.3. The summed E-state index contributed by atoms with van der Waals surface area (Å²) in [5.74, 6) is -0.445. The van der Waals surface area contributed by atoms with E-state index in [-0.39, 0.29) is 36.3 Å². The monoisotopic (exact) mass is 425 g/mol. The molecule has 2 aromatic rings. The van der Waals surface area contributed by atoms with Gasteiger partial charge < -0.3 is 16.4 Å². The van der Waals surface area contributed by atoms with Gasteiger partial charge in [0.05, 0.1) is 22.7 Å². The van der Waals surface area contributed by atoms with Gasteiger partial charge in [-0.15, -0.1) is 0 Å². The van der Waals surface area contributed by atoms with Crippen molar-refractivity contribution in [2.24, 2.45) is 0 Å². The number of carbonyl (C=O) groups excluding carboxylic acids is 1. The number of carbonyl (C=O) groups is 1. The number of amides is 1. The molecule has 0 bridgehead atoms. The van der Waals surface area contributed by atoms with Gasteiger partial charge in [0.25, 0.3) is 0 Å². The highest BCUT2D eigenvalue weighted by molar-refractivity contribution is 7.94. The molecule has 0 atom stereocenters. The highest BCUT2D eigenvalue weighted by Gasteiger charge is 2.18. The van der Waals surface area contributed by atoms with Gasteiger partial charge in [-0.25, -0.2) is 13.3 Å². The van der Waals surface area contributed by atoms with Crippen LogP contribution in [0.2, 0.25) is 0 Å². The van der Waals surface area contributed by atoms with Gasteiger partial charge in [0.1, 0.15) is 6.61 Å². The molecule has 1 amide bonds. The lowest BCUT2D eigenvalue weighted by Crippen LogP contribution is -2.36. The summed E-state index contributed by atoms with van der Waals surface area (Å²) in [6.07, 6.45) is 0. The lowest BCUT2D eigenvalue weighted by Gasteiger charge is -2.20. The standard InChI is InChI=1S/C18H23N3O5S2/c1-14(22)21(10-12-25-26-27-17-6-2-15(19)3-7-17)11-13-28(23,24)18-8-4-16(20)5-9-18/h2-9H,10-13,19-20H2,1H3. The highest BCUT2D eigenvalue weighted by atomic mass is 32.2. The number of rotatable bonds is 10. The third kappa shape index (κ3) is 7.04. The zero-order valence-electron chi connectivity index (χ0n) is 15.4. The molecule has 0 aliphatic carbocycles. The van der Waals surface area contributed by atoms with Gasteiger partial charge in [-0.2, -0.15) is 4.33 Å². The van der Waals surface area contributed by atoms with Crippen LogP contribution in [0.15, 0.2) is 58.3 Å². The van der Waals surface area contributed by atoms with E-state index in [0.717, 1.165) is 16.9 Å². The fraction of sp³-hybridized carbons (Fsp3) is 0.278. The Morgan fingerprint density at radius 1 is 1.00 bits per heavy atom. The van der Waals surface area contributed by atoms with Gasteiger partial charge >= 0.3 is 0 Å². The zero-order chi connectivity index (χ0) is 20.6. The Bertz CT molecular complexity index is 871. The Hall–Kier alpha value is -2.27. The Kier molecular flexibility index (Phi) is 8.12. The molecule has 0 heterocycles. The first-order valence-electron chi connectivity index (χ1n) is 8.43. The maximum Gasteiger partial charge on any atom is 0.219 e. The second-order valence-electron chi connectivity index (χ2n) is 5.94. The number of hydrogen-bond acceptors (Lipinski definition) is 8. The number of nitrogens with two attached hydrogens (primary N) is 2. The van der Waals surface area contributed by atoms with Crippen LogP contribution < -0.4 is 11.5 Å². The molecule has 0 fully saturated rings. The van der Waals surface area contributed by atoms with Gasteiger partial charge in [0.2, 0.25) is 5.91 Å². The Morgan fingerprint density at radius 2 is 1.57 bits per heavy atom. The number of nitrogen functional groups attached to an aromatic ring is 2. The van der Waals surface area contributed by atoms with E-state index in [0.29, 0.717) is 11.4 Å². The van der Waals surface area contributed by atoms with Crippen LogP contribution in [0.5, 0.6) is 0 Å². The van der Waals surface area contributed by atoms with Gasteiger partial charge in [-0.1, -0.05) is 0 Å². The van der Waals surface area contributed by atoms with Crippen LogP contribution in [0, 0.1) is 0 Å². The fourth-order valence-electron chi connectivity index (χ4n) is 2.22. The van der Waals surface area contributed by atoms with E-state index in [9.17, 15) is 13.2 Å².